The predicted octanol–water partition coefficient (Wildman–Crippen LogP) is 3.42. The van der Waals surface area contributed by atoms with E-state index in [-0.39, 0.29) is 17.6 Å². The average Bonchev–Trinajstić information content (AvgIpc) is 2.84. The van der Waals surface area contributed by atoms with E-state index in [4.69, 9.17) is 0 Å². The fourth-order valence-corrected chi connectivity index (χ4v) is 2.15. The van der Waals surface area contributed by atoms with Crippen molar-refractivity contribution in [2.75, 3.05) is 5.32 Å². The molecule has 1 saturated carbocycles. The summed E-state index contributed by atoms with van der Waals surface area (Å²) in [5.41, 5.74) is 0.605. The van der Waals surface area contributed by atoms with Crippen LogP contribution in [0.5, 0.6) is 5.75 Å². The van der Waals surface area contributed by atoms with Crippen molar-refractivity contribution in [2.45, 2.75) is 32.3 Å². The van der Waals surface area contributed by atoms with E-state index in [1.807, 2.05) is 0 Å². The highest BCUT2D eigenvalue weighted by Gasteiger charge is 2.22. The molecule has 5 heteroatoms. The van der Waals surface area contributed by atoms with Crippen LogP contribution in [0, 0.1) is 5.92 Å². The Morgan fingerprint density at radius 3 is 2.39 bits per heavy atom. The van der Waals surface area contributed by atoms with Crippen molar-refractivity contribution in [3.63, 3.8) is 0 Å². The van der Waals surface area contributed by atoms with Gasteiger partial charge in [0.2, 0.25) is 5.91 Å². The SMILES string of the molecule is O=C(Nc1ccc(OC(F)F)cc1)C1CCCC1. The number of hydrogen-bond donors (Lipinski definition) is 1. The summed E-state index contributed by atoms with van der Waals surface area (Å²) in [5.74, 6) is 0.181. The Labute approximate surface area is 104 Å². The number of nitrogens with one attached hydrogen (secondary N) is 1. The lowest BCUT2D eigenvalue weighted by molar-refractivity contribution is -0.119. The molecule has 3 nitrogen and oxygen atoms in total. The molecule has 0 bridgehead atoms. The zero-order valence-corrected chi connectivity index (χ0v) is 9.86. The van der Waals surface area contributed by atoms with Gasteiger partial charge in [0.1, 0.15) is 5.75 Å². The zero-order chi connectivity index (χ0) is 13.0. The molecule has 1 aliphatic rings. The van der Waals surface area contributed by atoms with Gasteiger partial charge < -0.3 is 10.1 Å². The molecule has 0 heterocycles. The second kappa shape index (κ2) is 5.80. The molecular formula is C13H15F2NO2. The Morgan fingerprint density at radius 1 is 1.22 bits per heavy atom. The zero-order valence-electron chi connectivity index (χ0n) is 9.86. The first-order valence-electron chi connectivity index (χ1n) is 6.01. The Bertz CT molecular complexity index is 400. The van der Waals surface area contributed by atoms with Crippen LogP contribution in [0.4, 0.5) is 14.5 Å². The van der Waals surface area contributed by atoms with Crippen LogP contribution in [0.15, 0.2) is 24.3 Å². The number of carbonyl (C=O) groups excluding carboxylic acids is 1. The van der Waals surface area contributed by atoms with Crippen molar-refractivity contribution in [3.05, 3.63) is 24.3 Å². The van der Waals surface area contributed by atoms with E-state index in [1.54, 1.807) is 12.1 Å². The maximum Gasteiger partial charge on any atom is 0.387 e. The van der Waals surface area contributed by atoms with Crippen LogP contribution >= 0.6 is 0 Å². The van der Waals surface area contributed by atoms with E-state index in [1.165, 1.54) is 12.1 Å². The number of rotatable bonds is 4. The highest BCUT2D eigenvalue weighted by Crippen LogP contribution is 2.26. The van der Waals surface area contributed by atoms with E-state index < -0.39 is 6.61 Å². The summed E-state index contributed by atoms with van der Waals surface area (Å²) >= 11 is 0. The molecule has 0 unspecified atom stereocenters. The van der Waals surface area contributed by atoms with Gasteiger partial charge in [0.15, 0.2) is 0 Å². The highest BCUT2D eigenvalue weighted by atomic mass is 19.3. The fraction of sp³-hybridized carbons (Fsp3) is 0.462. The van der Waals surface area contributed by atoms with Gasteiger partial charge in [-0.05, 0) is 37.1 Å². The number of hydrogen-bond acceptors (Lipinski definition) is 2. The van der Waals surface area contributed by atoms with E-state index in [0.717, 1.165) is 25.7 Å². The first-order valence-corrected chi connectivity index (χ1v) is 6.01. The highest BCUT2D eigenvalue weighted by molar-refractivity contribution is 5.92. The third-order valence-electron chi connectivity index (χ3n) is 3.07. The molecule has 1 aromatic rings. The molecule has 1 amide bonds. The number of ether oxygens (including phenoxy) is 1. The minimum atomic E-state index is -2.83. The lowest BCUT2D eigenvalue weighted by atomic mass is 10.1. The van der Waals surface area contributed by atoms with Gasteiger partial charge in [-0.25, -0.2) is 0 Å². The standard InChI is InChI=1S/C13H15F2NO2/c14-13(15)18-11-7-5-10(6-8-11)16-12(17)9-3-1-2-4-9/h5-9,13H,1-4H2,(H,16,17). The Hall–Kier alpha value is -1.65. The summed E-state index contributed by atoms with van der Waals surface area (Å²) < 4.78 is 28.1. The van der Waals surface area contributed by atoms with Crippen LogP contribution in [-0.2, 0) is 4.79 Å². The molecule has 0 atom stereocenters. The Kier molecular flexibility index (Phi) is 4.12. The van der Waals surface area contributed by atoms with Gasteiger partial charge in [0.25, 0.3) is 0 Å². The largest absolute Gasteiger partial charge is 0.435 e. The van der Waals surface area contributed by atoms with Gasteiger partial charge in [-0.15, -0.1) is 0 Å². The molecule has 0 radical (unpaired) electrons. The first kappa shape index (κ1) is 12.8. The topological polar surface area (TPSA) is 38.3 Å². The third kappa shape index (κ3) is 3.42. The van der Waals surface area contributed by atoms with Crippen molar-refractivity contribution in [3.8, 4) is 5.75 Å². The van der Waals surface area contributed by atoms with E-state index in [9.17, 15) is 13.6 Å². The molecule has 0 aromatic heterocycles. The summed E-state index contributed by atoms with van der Waals surface area (Å²) in [6.45, 7) is -2.83. The molecule has 2 rings (SSSR count). The molecule has 1 aromatic carbocycles. The van der Waals surface area contributed by atoms with Gasteiger partial charge in [-0.3, -0.25) is 4.79 Å². The second-order valence-electron chi connectivity index (χ2n) is 4.37. The maximum absolute atomic E-state index is 11.9. The lowest BCUT2D eigenvalue weighted by Crippen LogP contribution is -2.20. The molecule has 0 aliphatic heterocycles. The van der Waals surface area contributed by atoms with Crippen molar-refractivity contribution >= 4 is 11.6 Å². The third-order valence-corrected chi connectivity index (χ3v) is 3.07. The first-order chi connectivity index (χ1) is 8.65. The van der Waals surface area contributed by atoms with Gasteiger partial charge in [-0.2, -0.15) is 8.78 Å². The monoisotopic (exact) mass is 255 g/mol. The van der Waals surface area contributed by atoms with Crippen LogP contribution < -0.4 is 10.1 Å². The summed E-state index contributed by atoms with van der Waals surface area (Å²) in [6, 6.07) is 5.95. The normalized spacial score (nSPS) is 15.9. The van der Waals surface area contributed by atoms with E-state index in [2.05, 4.69) is 10.1 Å². The quantitative estimate of drug-likeness (QED) is 0.895. The van der Waals surface area contributed by atoms with Crippen molar-refractivity contribution < 1.29 is 18.3 Å². The summed E-state index contributed by atoms with van der Waals surface area (Å²) in [4.78, 5) is 11.8. The molecular weight excluding hydrogens is 240 g/mol. The Balaban J connectivity index is 1.91. The van der Waals surface area contributed by atoms with Crippen molar-refractivity contribution in [2.24, 2.45) is 5.92 Å². The minimum absolute atomic E-state index is 0.00929. The summed E-state index contributed by atoms with van der Waals surface area (Å²) in [7, 11) is 0. The second-order valence-corrected chi connectivity index (χ2v) is 4.37. The number of benzene rings is 1. The number of alkyl halides is 2. The van der Waals surface area contributed by atoms with Crippen LogP contribution in [0.3, 0.4) is 0 Å². The van der Waals surface area contributed by atoms with Gasteiger partial charge in [0.05, 0.1) is 0 Å². The van der Waals surface area contributed by atoms with Gasteiger partial charge in [-0.1, -0.05) is 12.8 Å². The van der Waals surface area contributed by atoms with Crippen LogP contribution in [0.2, 0.25) is 0 Å². The van der Waals surface area contributed by atoms with Crippen LogP contribution in [0.25, 0.3) is 0 Å². The van der Waals surface area contributed by atoms with Crippen molar-refractivity contribution in [1.29, 1.82) is 0 Å². The van der Waals surface area contributed by atoms with Crippen LogP contribution in [0.1, 0.15) is 25.7 Å². The smallest absolute Gasteiger partial charge is 0.387 e. The predicted molar refractivity (Wildman–Crippen MR) is 63.7 cm³/mol. The van der Waals surface area contributed by atoms with E-state index >= 15 is 0 Å². The number of carbonyl (C=O) groups is 1. The van der Waals surface area contributed by atoms with Crippen molar-refractivity contribution in [1.82, 2.24) is 0 Å². The average molecular weight is 255 g/mol. The number of halogens is 2. The molecule has 98 valence electrons. The van der Waals surface area contributed by atoms with E-state index in [0.29, 0.717) is 5.69 Å². The summed E-state index contributed by atoms with van der Waals surface area (Å²) in [5, 5.41) is 2.78. The molecule has 1 fully saturated rings. The Morgan fingerprint density at radius 2 is 1.83 bits per heavy atom. The molecule has 0 spiro atoms. The molecule has 18 heavy (non-hydrogen) atoms. The molecule has 0 saturated heterocycles. The molecule has 1 aliphatic carbocycles. The fourth-order valence-electron chi connectivity index (χ4n) is 2.15. The minimum Gasteiger partial charge on any atom is -0.435 e. The number of amides is 1. The number of anilines is 1. The lowest BCUT2D eigenvalue weighted by Gasteiger charge is -2.11. The maximum atomic E-state index is 11.9. The molecule has 1 N–H and O–H groups in total. The van der Waals surface area contributed by atoms with Crippen LogP contribution in [-0.4, -0.2) is 12.5 Å². The summed E-state index contributed by atoms with van der Waals surface area (Å²) in [6.07, 6.45) is 4.05. The van der Waals surface area contributed by atoms with Gasteiger partial charge in [0, 0.05) is 11.6 Å². The van der Waals surface area contributed by atoms with Gasteiger partial charge >= 0.3 is 6.61 Å².